The molecule has 1 aliphatic heterocycles. The molecular formula is C15H17ClN2OS. The number of thiazole rings is 1. The van der Waals surface area contributed by atoms with Gasteiger partial charge in [0.25, 0.3) is 0 Å². The van der Waals surface area contributed by atoms with Crippen molar-refractivity contribution in [3.63, 3.8) is 0 Å². The molecule has 0 spiro atoms. The summed E-state index contributed by atoms with van der Waals surface area (Å²) in [5.74, 6) is 0.924. The Morgan fingerprint density at radius 1 is 1.50 bits per heavy atom. The quantitative estimate of drug-likeness (QED) is 0.911. The molecule has 0 amide bonds. The van der Waals surface area contributed by atoms with Crippen LogP contribution in [0, 0.1) is 0 Å². The Kier molecular flexibility index (Phi) is 4.24. The van der Waals surface area contributed by atoms with E-state index >= 15 is 0 Å². The lowest BCUT2D eigenvalue weighted by Crippen LogP contribution is -2.29. The molecule has 2 atom stereocenters. The maximum absolute atomic E-state index is 6.12. The van der Waals surface area contributed by atoms with E-state index in [1.807, 2.05) is 29.9 Å². The molecule has 3 rings (SSSR count). The molecule has 0 saturated heterocycles. The maximum atomic E-state index is 6.12. The van der Waals surface area contributed by atoms with Crippen molar-refractivity contribution in [2.24, 2.45) is 0 Å². The SMILES string of the molecule is CCCNC1CC(c2cncs2)Oc2ccc(Cl)cc21. The Morgan fingerprint density at radius 2 is 2.40 bits per heavy atom. The van der Waals surface area contributed by atoms with E-state index in [0.717, 1.165) is 35.7 Å². The highest BCUT2D eigenvalue weighted by Crippen LogP contribution is 2.42. The first kappa shape index (κ1) is 13.9. The number of ether oxygens (including phenoxy) is 1. The van der Waals surface area contributed by atoms with Gasteiger partial charge >= 0.3 is 0 Å². The third-order valence-electron chi connectivity index (χ3n) is 3.48. The average molecular weight is 309 g/mol. The van der Waals surface area contributed by atoms with E-state index in [1.165, 1.54) is 4.88 Å². The largest absolute Gasteiger partial charge is 0.484 e. The van der Waals surface area contributed by atoms with Crippen LogP contribution in [0.1, 0.15) is 42.4 Å². The summed E-state index contributed by atoms with van der Waals surface area (Å²) in [7, 11) is 0. The van der Waals surface area contributed by atoms with Crippen LogP contribution >= 0.6 is 22.9 Å². The van der Waals surface area contributed by atoms with E-state index in [2.05, 4.69) is 17.2 Å². The van der Waals surface area contributed by atoms with Crippen LogP contribution < -0.4 is 10.1 Å². The van der Waals surface area contributed by atoms with E-state index in [0.29, 0.717) is 0 Å². The fraction of sp³-hybridized carbons (Fsp3) is 0.400. The second-order valence-corrected chi connectivity index (χ2v) is 6.29. The topological polar surface area (TPSA) is 34.2 Å². The summed E-state index contributed by atoms with van der Waals surface area (Å²) in [5, 5.41) is 4.35. The molecule has 0 radical (unpaired) electrons. The van der Waals surface area contributed by atoms with Crippen LogP contribution in [-0.4, -0.2) is 11.5 Å². The van der Waals surface area contributed by atoms with Crippen molar-refractivity contribution in [2.75, 3.05) is 6.54 Å². The lowest BCUT2D eigenvalue weighted by molar-refractivity contribution is 0.154. The zero-order valence-corrected chi connectivity index (χ0v) is 12.9. The first-order chi connectivity index (χ1) is 9.78. The van der Waals surface area contributed by atoms with Gasteiger partial charge in [-0.15, -0.1) is 11.3 Å². The Hall–Kier alpha value is -1.10. The van der Waals surface area contributed by atoms with Crippen LogP contribution in [0.4, 0.5) is 0 Å². The van der Waals surface area contributed by atoms with Crippen LogP contribution in [0.25, 0.3) is 0 Å². The third-order valence-corrected chi connectivity index (χ3v) is 4.58. The molecule has 0 fully saturated rings. The summed E-state index contributed by atoms with van der Waals surface area (Å²) < 4.78 is 6.11. The fourth-order valence-electron chi connectivity index (χ4n) is 2.51. The number of fused-ring (bicyclic) bond motifs is 1. The number of benzene rings is 1. The maximum Gasteiger partial charge on any atom is 0.136 e. The minimum atomic E-state index is 0.0746. The van der Waals surface area contributed by atoms with Gasteiger partial charge in [-0.1, -0.05) is 18.5 Å². The minimum Gasteiger partial charge on any atom is -0.484 e. The van der Waals surface area contributed by atoms with E-state index < -0.39 is 0 Å². The zero-order valence-electron chi connectivity index (χ0n) is 11.3. The standard InChI is InChI=1S/C15H17ClN2OS/c1-2-5-18-12-7-14(15-8-17-9-20-15)19-13-4-3-10(16)6-11(12)13/h3-4,6,8-9,12,14,18H,2,5,7H2,1H3. The number of rotatable bonds is 4. The van der Waals surface area contributed by atoms with Crippen molar-refractivity contribution < 1.29 is 4.74 Å². The van der Waals surface area contributed by atoms with Crippen molar-refractivity contribution in [2.45, 2.75) is 31.9 Å². The number of nitrogens with zero attached hydrogens (tertiary/aromatic N) is 1. The van der Waals surface area contributed by atoms with Gasteiger partial charge in [0.1, 0.15) is 11.9 Å². The molecule has 1 N–H and O–H groups in total. The highest BCUT2D eigenvalue weighted by Gasteiger charge is 2.29. The summed E-state index contributed by atoms with van der Waals surface area (Å²) in [6.45, 7) is 3.16. The van der Waals surface area contributed by atoms with Gasteiger partial charge in [0, 0.05) is 29.2 Å². The van der Waals surface area contributed by atoms with Gasteiger partial charge in [-0.3, -0.25) is 4.98 Å². The molecule has 3 nitrogen and oxygen atoms in total. The summed E-state index contributed by atoms with van der Waals surface area (Å²) >= 11 is 7.76. The molecule has 2 heterocycles. The van der Waals surface area contributed by atoms with Crippen LogP contribution in [0.5, 0.6) is 5.75 Å². The lowest BCUT2D eigenvalue weighted by atomic mass is 9.96. The van der Waals surface area contributed by atoms with Crippen LogP contribution in [0.15, 0.2) is 29.9 Å². The predicted octanol–water partition coefficient (Wildman–Crippen LogP) is 4.36. The molecule has 0 saturated carbocycles. The Morgan fingerprint density at radius 3 is 3.15 bits per heavy atom. The summed E-state index contributed by atoms with van der Waals surface area (Å²) in [4.78, 5) is 5.33. The molecule has 0 bridgehead atoms. The van der Waals surface area contributed by atoms with Gasteiger partial charge in [-0.25, -0.2) is 0 Å². The number of hydrogen-bond donors (Lipinski definition) is 1. The number of hydrogen-bond acceptors (Lipinski definition) is 4. The van der Waals surface area contributed by atoms with Crippen LogP contribution in [-0.2, 0) is 0 Å². The highest BCUT2D eigenvalue weighted by atomic mass is 35.5. The molecule has 106 valence electrons. The van der Waals surface area contributed by atoms with Crippen molar-refractivity contribution in [1.82, 2.24) is 10.3 Å². The molecule has 2 unspecified atom stereocenters. The Labute approximate surface area is 127 Å². The lowest BCUT2D eigenvalue weighted by Gasteiger charge is -2.32. The molecule has 20 heavy (non-hydrogen) atoms. The van der Waals surface area contributed by atoms with Gasteiger partial charge in [0.05, 0.1) is 10.4 Å². The van der Waals surface area contributed by atoms with Crippen LogP contribution in [0.2, 0.25) is 5.02 Å². The molecule has 0 aliphatic carbocycles. The van der Waals surface area contributed by atoms with Crippen molar-refractivity contribution in [3.8, 4) is 5.75 Å². The second-order valence-electron chi connectivity index (χ2n) is 4.93. The average Bonchev–Trinajstić information content (AvgIpc) is 2.99. The molecule has 1 aromatic carbocycles. The minimum absolute atomic E-state index is 0.0746. The second kappa shape index (κ2) is 6.12. The summed E-state index contributed by atoms with van der Waals surface area (Å²) in [6, 6.07) is 6.13. The van der Waals surface area contributed by atoms with E-state index in [4.69, 9.17) is 16.3 Å². The monoisotopic (exact) mass is 308 g/mol. The molecule has 2 aromatic rings. The third kappa shape index (κ3) is 2.82. The van der Waals surface area contributed by atoms with Crippen LogP contribution in [0.3, 0.4) is 0 Å². The fourth-order valence-corrected chi connectivity index (χ4v) is 3.35. The normalized spacial score (nSPS) is 21.3. The smallest absolute Gasteiger partial charge is 0.136 e. The van der Waals surface area contributed by atoms with E-state index in [9.17, 15) is 0 Å². The number of nitrogens with one attached hydrogen (secondary N) is 1. The predicted molar refractivity (Wildman–Crippen MR) is 82.6 cm³/mol. The molecule has 1 aromatic heterocycles. The number of halogens is 1. The van der Waals surface area contributed by atoms with Crippen molar-refractivity contribution in [3.05, 3.63) is 45.4 Å². The molecule has 5 heteroatoms. The first-order valence-corrected chi connectivity index (χ1v) is 8.11. The van der Waals surface area contributed by atoms with Gasteiger partial charge in [0.2, 0.25) is 0 Å². The van der Waals surface area contributed by atoms with Crippen molar-refractivity contribution >= 4 is 22.9 Å². The summed E-state index contributed by atoms with van der Waals surface area (Å²) in [5.41, 5.74) is 3.01. The summed E-state index contributed by atoms with van der Waals surface area (Å²) in [6.07, 6.45) is 3.99. The van der Waals surface area contributed by atoms with Gasteiger partial charge in [-0.2, -0.15) is 0 Å². The Balaban J connectivity index is 1.90. The molecular weight excluding hydrogens is 292 g/mol. The first-order valence-electron chi connectivity index (χ1n) is 6.85. The highest BCUT2D eigenvalue weighted by molar-refractivity contribution is 7.09. The number of aromatic nitrogens is 1. The molecule has 1 aliphatic rings. The van der Waals surface area contributed by atoms with Gasteiger partial charge in [-0.05, 0) is 31.2 Å². The van der Waals surface area contributed by atoms with E-state index in [1.54, 1.807) is 11.3 Å². The van der Waals surface area contributed by atoms with Crippen molar-refractivity contribution in [1.29, 1.82) is 0 Å². The van der Waals surface area contributed by atoms with Gasteiger partial charge in [0.15, 0.2) is 0 Å². The van der Waals surface area contributed by atoms with Gasteiger partial charge < -0.3 is 10.1 Å². The van der Waals surface area contributed by atoms with E-state index in [-0.39, 0.29) is 12.1 Å². The zero-order chi connectivity index (χ0) is 13.9. The Bertz CT molecular complexity index is 573.